The first-order chi connectivity index (χ1) is 13.1. The number of nitrogens with two attached hydrogens (primary N) is 1. The number of aromatic nitrogens is 1. The second kappa shape index (κ2) is 7.29. The van der Waals surface area contributed by atoms with Gasteiger partial charge in [-0.2, -0.15) is 0 Å². The van der Waals surface area contributed by atoms with Gasteiger partial charge in [-0.3, -0.25) is 4.79 Å². The summed E-state index contributed by atoms with van der Waals surface area (Å²) in [5.41, 5.74) is 1.81. The van der Waals surface area contributed by atoms with Gasteiger partial charge in [0.2, 0.25) is 15.8 Å². The van der Waals surface area contributed by atoms with Crippen LogP contribution < -0.4 is 5.14 Å². The number of carbonyl (C=O) groups excluding carboxylic acids is 1. The molecule has 1 aromatic heterocycles. The number of aryl methyl sites for hydroxylation is 1. The van der Waals surface area contributed by atoms with Gasteiger partial charge < -0.3 is 4.57 Å². The van der Waals surface area contributed by atoms with Crippen molar-refractivity contribution in [1.29, 1.82) is 0 Å². The van der Waals surface area contributed by atoms with Crippen molar-refractivity contribution in [1.82, 2.24) is 4.57 Å². The van der Waals surface area contributed by atoms with Gasteiger partial charge in [-0.05, 0) is 30.7 Å². The normalized spacial score (nSPS) is 11.6. The van der Waals surface area contributed by atoms with Gasteiger partial charge in [0, 0.05) is 30.3 Å². The summed E-state index contributed by atoms with van der Waals surface area (Å²) in [6.45, 7) is 1.75. The van der Waals surface area contributed by atoms with Crippen LogP contribution in [0.3, 0.4) is 0 Å². The van der Waals surface area contributed by atoms with Crippen LogP contribution in [0.1, 0.15) is 32.9 Å². The molecule has 0 aliphatic carbocycles. The zero-order valence-corrected chi connectivity index (χ0v) is 16.1. The molecule has 0 aliphatic heterocycles. The molecule has 0 atom stereocenters. The van der Waals surface area contributed by atoms with E-state index in [1.807, 2.05) is 0 Å². The summed E-state index contributed by atoms with van der Waals surface area (Å²) >= 11 is 0. The molecular weight excluding hydrogens is 386 g/mol. The Bertz CT molecular complexity index is 1150. The van der Waals surface area contributed by atoms with E-state index in [1.165, 1.54) is 0 Å². The van der Waals surface area contributed by atoms with E-state index in [1.54, 1.807) is 54.9 Å². The Balaban J connectivity index is 2.00. The van der Waals surface area contributed by atoms with Crippen LogP contribution in [0.5, 0.6) is 0 Å². The number of benzene rings is 2. The molecule has 3 rings (SSSR count). The first-order valence-corrected chi connectivity index (χ1v) is 9.90. The van der Waals surface area contributed by atoms with E-state index in [0.29, 0.717) is 34.6 Å². The topological polar surface area (TPSA) is 82.2 Å². The third kappa shape index (κ3) is 3.74. The average molecular weight is 404 g/mol. The summed E-state index contributed by atoms with van der Waals surface area (Å²) < 4.78 is 52.9. The standard InChI is InChI=1S/C20H18F2N2O3S/c1-12-8-14(24(2)19(12)20(25)13-6-4-3-5-7-13)9-16-17(21)10-15(11-18(16)22)28(23,26)27/h3-8,10-11H,9H2,1-2H3,(H2,23,26,27). The molecule has 0 radical (unpaired) electrons. The number of carbonyl (C=O) groups is 1. The van der Waals surface area contributed by atoms with E-state index in [0.717, 1.165) is 0 Å². The Hall–Kier alpha value is -2.84. The molecule has 0 aliphatic rings. The highest BCUT2D eigenvalue weighted by molar-refractivity contribution is 7.89. The molecule has 28 heavy (non-hydrogen) atoms. The second-order valence-electron chi connectivity index (χ2n) is 6.51. The van der Waals surface area contributed by atoms with Crippen LogP contribution in [0, 0.1) is 18.6 Å². The third-order valence-corrected chi connectivity index (χ3v) is 5.47. The molecule has 0 saturated carbocycles. The zero-order chi connectivity index (χ0) is 20.6. The van der Waals surface area contributed by atoms with Crippen molar-refractivity contribution in [2.24, 2.45) is 12.2 Å². The third-order valence-electron chi connectivity index (χ3n) is 4.57. The summed E-state index contributed by atoms with van der Waals surface area (Å²) in [7, 11) is -2.57. The Labute approximate surface area is 161 Å². The minimum Gasteiger partial charge on any atom is -0.344 e. The quantitative estimate of drug-likeness (QED) is 0.664. The van der Waals surface area contributed by atoms with E-state index in [9.17, 15) is 22.0 Å². The monoisotopic (exact) mass is 404 g/mol. The SMILES string of the molecule is Cc1cc(Cc2c(F)cc(S(N)(=O)=O)cc2F)n(C)c1C(=O)c1ccccc1. The summed E-state index contributed by atoms with van der Waals surface area (Å²) in [4.78, 5) is 12.2. The number of sulfonamides is 1. The largest absolute Gasteiger partial charge is 0.344 e. The average Bonchev–Trinajstić information content (AvgIpc) is 2.90. The van der Waals surface area contributed by atoms with Gasteiger partial charge in [-0.25, -0.2) is 22.3 Å². The van der Waals surface area contributed by atoms with Crippen molar-refractivity contribution in [2.75, 3.05) is 0 Å². The van der Waals surface area contributed by atoms with E-state index in [-0.39, 0.29) is 17.8 Å². The highest BCUT2D eigenvalue weighted by atomic mass is 32.2. The fraction of sp³-hybridized carbons (Fsp3) is 0.150. The molecule has 8 heteroatoms. The predicted molar refractivity (Wildman–Crippen MR) is 101 cm³/mol. The molecule has 2 N–H and O–H groups in total. The lowest BCUT2D eigenvalue weighted by molar-refractivity contribution is 0.103. The molecule has 0 fully saturated rings. The van der Waals surface area contributed by atoms with Crippen molar-refractivity contribution in [2.45, 2.75) is 18.2 Å². The number of hydrogen-bond acceptors (Lipinski definition) is 3. The van der Waals surface area contributed by atoms with Gasteiger partial charge in [0.25, 0.3) is 0 Å². The van der Waals surface area contributed by atoms with Crippen molar-refractivity contribution in [3.63, 3.8) is 0 Å². The molecule has 0 spiro atoms. The molecule has 0 bridgehead atoms. The van der Waals surface area contributed by atoms with Crippen LogP contribution >= 0.6 is 0 Å². The maximum absolute atomic E-state index is 14.4. The van der Waals surface area contributed by atoms with Crippen molar-refractivity contribution in [3.05, 3.63) is 88.2 Å². The summed E-state index contributed by atoms with van der Waals surface area (Å²) in [5.74, 6) is -2.23. The van der Waals surface area contributed by atoms with Crippen LogP contribution in [0.15, 0.2) is 53.4 Å². The molecular formula is C20H18F2N2O3S. The minimum atomic E-state index is -4.22. The van der Waals surface area contributed by atoms with Crippen LogP contribution in [-0.2, 0) is 23.5 Å². The van der Waals surface area contributed by atoms with Crippen molar-refractivity contribution >= 4 is 15.8 Å². The summed E-state index contributed by atoms with van der Waals surface area (Å²) in [6, 6.07) is 11.8. The van der Waals surface area contributed by atoms with Gasteiger partial charge in [0.1, 0.15) is 11.6 Å². The number of ketones is 1. The highest BCUT2D eigenvalue weighted by Gasteiger charge is 2.22. The van der Waals surface area contributed by atoms with Crippen LogP contribution in [0.25, 0.3) is 0 Å². The molecule has 0 saturated heterocycles. The molecule has 2 aromatic carbocycles. The maximum Gasteiger partial charge on any atom is 0.238 e. The number of halogens is 2. The number of rotatable bonds is 5. The lowest BCUT2D eigenvalue weighted by Gasteiger charge is -2.10. The van der Waals surface area contributed by atoms with E-state index >= 15 is 0 Å². The van der Waals surface area contributed by atoms with Crippen LogP contribution in [-0.4, -0.2) is 18.8 Å². The van der Waals surface area contributed by atoms with Crippen LogP contribution in [0.2, 0.25) is 0 Å². The number of primary sulfonamides is 1. The molecule has 1 heterocycles. The van der Waals surface area contributed by atoms with E-state index in [2.05, 4.69) is 0 Å². The molecule has 146 valence electrons. The lowest BCUT2D eigenvalue weighted by atomic mass is 10.1. The first kappa shape index (κ1) is 19.9. The number of hydrogen-bond donors (Lipinski definition) is 1. The van der Waals surface area contributed by atoms with Gasteiger partial charge in [0.15, 0.2) is 0 Å². The van der Waals surface area contributed by atoms with Crippen LogP contribution in [0.4, 0.5) is 8.78 Å². The van der Waals surface area contributed by atoms with Gasteiger partial charge in [0.05, 0.1) is 10.6 Å². The van der Waals surface area contributed by atoms with Gasteiger partial charge in [-0.1, -0.05) is 30.3 Å². The Morgan fingerprint density at radius 1 is 1.07 bits per heavy atom. The van der Waals surface area contributed by atoms with E-state index in [4.69, 9.17) is 5.14 Å². The van der Waals surface area contributed by atoms with Gasteiger partial charge in [-0.15, -0.1) is 0 Å². The summed E-state index contributed by atoms with van der Waals surface area (Å²) in [5, 5.41) is 4.93. The second-order valence-corrected chi connectivity index (χ2v) is 8.07. The van der Waals surface area contributed by atoms with Crippen molar-refractivity contribution < 1.29 is 22.0 Å². The fourth-order valence-corrected chi connectivity index (χ4v) is 3.68. The number of nitrogens with zero attached hydrogens (tertiary/aromatic N) is 1. The molecule has 0 amide bonds. The first-order valence-electron chi connectivity index (χ1n) is 8.35. The van der Waals surface area contributed by atoms with E-state index < -0.39 is 26.6 Å². The summed E-state index contributed by atoms with van der Waals surface area (Å²) in [6.07, 6.45) is -0.151. The molecule has 3 aromatic rings. The zero-order valence-electron chi connectivity index (χ0n) is 15.2. The Morgan fingerprint density at radius 2 is 1.64 bits per heavy atom. The molecule has 5 nitrogen and oxygen atoms in total. The predicted octanol–water partition coefficient (Wildman–Crippen LogP) is 3.08. The Morgan fingerprint density at radius 3 is 2.18 bits per heavy atom. The maximum atomic E-state index is 14.4. The smallest absolute Gasteiger partial charge is 0.238 e. The Kier molecular flexibility index (Phi) is 5.18. The fourth-order valence-electron chi connectivity index (χ4n) is 3.14. The van der Waals surface area contributed by atoms with Gasteiger partial charge >= 0.3 is 0 Å². The highest BCUT2D eigenvalue weighted by Crippen LogP contribution is 2.24. The molecule has 0 unspecified atom stereocenters. The minimum absolute atomic E-state index is 0.151. The van der Waals surface area contributed by atoms with Crippen molar-refractivity contribution in [3.8, 4) is 0 Å². The lowest BCUT2D eigenvalue weighted by Crippen LogP contribution is -2.14.